The summed E-state index contributed by atoms with van der Waals surface area (Å²) in [5.41, 5.74) is 1.30. The molecule has 1 unspecified atom stereocenters. The van der Waals surface area contributed by atoms with Crippen LogP contribution < -0.4 is 10.1 Å². The van der Waals surface area contributed by atoms with Crippen molar-refractivity contribution in [1.29, 1.82) is 0 Å². The third kappa shape index (κ3) is 4.13. The van der Waals surface area contributed by atoms with Crippen molar-refractivity contribution in [3.8, 4) is 5.75 Å². The minimum absolute atomic E-state index is 0. The van der Waals surface area contributed by atoms with Crippen LogP contribution in [0.15, 0.2) is 24.3 Å². The molecule has 1 aromatic rings. The fraction of sp³-hybridized carbons (Fsp3) is 0.647. The Balaban J connectivity index is 0.00000176. The highest BCUT2D eigenvalue weighted by Crippen LogP contribution is 2.31. The molecule has 2 saturated heterocycles. The van der Waals surface area contributed by atoms with E-state index in [4.69, 9.17) is 9.47 Å². The monoisotopic (exact) mass is 326 g/mol. The number of benzene rings is 1. The smallest absolute Gasteiger partial charge is 0.123 e. The molecule has 0 radical (unpaired) electrons. The summed E-state index contributed by atoms with van der Waals surface area (Å²) in [4.78, 5) is 2.63. The van der Waals surface area contributed by atoms with Crippen LogP contribution in [-0.4, -0.2) is 51.4 Å². The number of para-hydroxylation sites is 1. The summed E-state index contributed by atoms with van der Waals surface area (Å²) in [5.74, 6) is 1.78. The maximum Gasteiger partial charge on any atom is 0.123 e. The van der Waals surface area contributed by atoms with Gasteiger partial charge in [0.15, 0.2) is 0 Å². The van der Waals surface area contributed by atoms with Crippen molar-refractivity contribution in [2.75, 3.05) is 46.5 Å². The first kappa shape index (κ1) is 17.5. The predicted molar refractivity (Wildman–Crippen MR) is 91.0 cm³/mol. The number of hydrogen-bond acceptors (Lipinski definition) is 4. The van der Waals surface area contributed by atoms with E-state index in [0.29, 0.717) is 6.04 Å². The fourth-order valence-corrected chi connectivity index (χ4v) is 3.47. The number of methoxy groups -OCH3 is 1. The molecule has 2 heterocycles. The third-order valence-corrected chi connectivity index (χ3v) is 4.69. The normalized spacial score (nSPS) is 23.8. The van der Waals surface area contributed by atoms with Gasteiger partial charge in [0, 0.05) is 45.0 Å². The molecule has 124 valence electrons. The van der Waals surface area contributed by atoms with Crippen LogP contribution in [0.25, 0.3) is 0 Å². The van der Waals surface area contributed by atoms with E-state index < -0.39 is 0 Å². The molecule has 0 saturated carbocycles. The van der Waals surface area contributed by atoms with Gasteiger partial charge >= 0.3 is 0 Å². The molecule has 0 aromatic heterocycles. The highest BCUT2D eigenvalue weighted by Gasteiger charge is 2.28. The third-order valence-electron chi connectivity index (χ3n) is 4.69. The molecule has 0 amide bonds. The molecule has 2 aliphatic rings. The second kappa shape index (κ2) is 8.73. The fourth-order valence-electron chi connectivity index (χ4n) is 3.47. The summed E-state index contributed by atoms with van der Waals surface area (Å²) >= 11 is 0. The molecule has 22 heavy (non-hydrogen) atoms. The molecule has 1 N–H and O–H groups in total. The van der Waals surface area contributed by atoms with Crippen molar-refractivity contribution < 1.29 is 9.47 Å². The van der Waals surface area contributed by atoms with Crippen molar-refractivity contribution >= 4 is 12.4 Å². The van der Waals surface area contributed by atoms with Gasteiger partial charge in [-0.15, -0.1) is 12.4 Å². The van der Waals surface area contributed by atoms with Gasteiger partial charge in [-0.2, -0.15) is 0 Å². The van der Waals surface area contributed by atoms with E-state index in [0.717, 1.165) is 44.5 Å². The van der Waals surface area contributed by atoms with Crippen LogP contribution >= 0.6 is 12.4 Å². The first-order valence-electron chi connectivity index (χ1n) is 8.04. The van der Waals surface area contributed by atoms with Crippen LogP contribution in [0, 0.1) is 5.92 Å². The SMILES string of the molecule is COc1ccccc1C1CNCCN1CC1CCOCC1.Cl. The van der Waals surface area contributed by atoms with E-state index in [1.165, 1.54) is 24.9 Å². The topological polar surface area (TPSA) is 33.7 Å². The molecule has 4 nitrogen and oxygen atoms in total. The molecule has 0 aliphatic carbocycles. The number of piperazine rings is 1. The van der Waals surface area contributed by atoms with E-state index >= 15 is 0 Å². The van der Waals surface area contributed by atoms with Crippen LogP contribution in [-0.2, 0) is 4.74 Å². The van der Waals surface area contributed by atoms with Crippen molar-refractivity contribution in [2.45, 2.75) is 18.9 Å². The zero-order valence-corrected chi connectivity index (χ0v) is 14.1. The first-order chi connectivity index (χ1) is 10.4. The van der Waals surface area contributed by atoms with E-state index in [1.54, 1.807) is 7.11 Å². The molecule has 3 rings (SSSR count). The van der Waals surface area contributed by atoms with Crippen molar-refractivity contribution in [1.82, 2.24) is 10.2 Å². The number of rotatable bonds is 4. The molecule has 1 atom stereocenters. The Morgan fingerprint density at radius 2 is 2.05 bits per heavy atom. The highest BCUT2D eigenvalue weighted by molar-refractivity contribution is 5.85. The summed E-state index contributed by atoms with van der Waals surface area (Å²) in [6.07, 6.45) is 2.39. The quantitative estimate of drug-likeness (QED) is 0.921. The lowest BCUT2D eigenvalue weighted by atomic mass is 9.96. The molecule has 0 bridgehead atoms. The lowest BCUT2D eigenvalue weighted by Gasteiger charge is -2.39. The highest BCUT2D eigenvalue weighted by atomic mass is 35.5. The molecular weight excluding hydrogens is 300 g/mol. The number of halogens is 1. The summed E-state index contributed by atoms with van der Waals surface area (Å²) < 4.78 is 11.0. The molecule has 5 heteroatoms. The largest absolute Gasteiger partial charge is 0.496 e. The van der Waals surface area contributed by atoms with Gasteiger partial charge in [-0.05, 0) is 24.8 Å². The summed E-state index contributed by atoms with van der Waals surface area (Å²) in [6.45, 7) is 6.22. The van der Waals surface area contributed by atoms with E-state index in [2.05, 4.69) is 28.4 Å². The maximum absolute atomic E-state index is 5.56. The van der Waals surface area contributed by atoms with Gasteiger partial charge in [0.2, 0.25) is 0 Å². The van der Waals surface area contributed by atoms with Gasteiger partial charge in [-0.3, -0.25) is 4.90 Å². The Bertz CT molecular complexity index is 452. The molecule has 2 fully saturated rings. The van der Waals surface area contributed by atoms with Crippen molar-refractivity contribution in [3.05, 3.63) is 29.8 Å². The number of ether oxygens (including phenoxy) is 2. The van der Waals surface area contributed by atoms with E-state index in [-0.39, 0.29) is 12.4 Å². The summed E-state index contributed by atoms with van der Waals surface area (Å²) in [5, 5.41) is 3.53. The van der Waals surface area contributed by atoms with Crippen LogP contribution in [0.5, 0.6) is 5.75 Å². The van der Waals surface area contributed by atoms with Crippen molar-refractivity contribution in [2.24, 2.45) is 5.92 Å². The second-order valence-corrected chi connectivity index (χ2v) is 6.01. The van der Waals surface area contributed by atoms with Gasteiger partial charge in [0.1, 0.15) is 5.75 Å². The van der Waals surface area contributed by atoms with Crippen LogP contribution in [0.1, 0.15) is 24.4 Å². The van der Waals surface area contributed by atoms with Crippen molar-refractivity contribution in [3.63, 3.8) is 0 Å². The zero-order valence-electron chi connectivity index (χ0n) is 13.3. The first-order valence-corrected chi connectivity index (χ1v) is 8.04. The zero-order chi connectivity index (χ0) is 14.5. The van der Waals surface area contributed by atoms with Gasteiger partial charge in [-0.25, -0.2) is 0 Å². The lowest BCUT2D eigenvalue weighted by molar-refractivity contribution is 0.0405. The van der Waals surface area contributed by atoms with Gasteiger partial charge in [0.25, 0.3) is 0 Å². The number of nitrogens with one attached hydrogen (secondary N) is 1. The molecule has 0 spiro atoms. The van der Waals surface area contributed by atoms with E-state index in [9.17, 15) is 0 Å². The summed E-state index contributed by atoms with van der Waals surface area (Å²) in [6, 6.07) is 8.84. The number of nitrogens with zero attached hydrogens (tertiary/aromatic N) is 1. The minimum Gasteiger partial charge on any atom is -0.496 e. The Morgan fingerprint density at radius 3 is 2.82 bits per heavy atom. The maximum atomic E-state index is 5.56. The van der Waals surface area contributed by atoms with E-state index in [1.807, 2.05) is 6.07 Å². The summed E-state index contributed by atoms with van der Waals surface area (Å²) in [7, 11) is 1.76. The Hall–Kier alpha value is -0.810. The molecular formula is C17H27ClN2O2. The van der Waals surface area contributed by atoms with Gasteiger partial charge in [0.05, 0.1) is 13.2 Å². The standard InChI is InChI=1S/C17H26N2O2.ClH/c1-20-17-5-3-2-4-15(17)16-12-18-8-9-19(16)13-14-6-10-21-11-7-14;/h2-5,14,16,18H,6-13H2,1H3;1H. The van der Waals surface area contributed by atoms with Gasteiger partial charge < -0.3 is 14.8 Å². The predicted octanol–water partition coefficient (Wildman–Crippen LogP) is 2.49. The number of hydrogen-bond donors (Lipinski definition) is 1. The van der Waals surface area contributed by atoms with Gasteiger partial charge in [-0.1, -0.05) is 18.2 Å². The lowest BCUT2D eigenvalue weighted by Crippen LogP contribution is -2.48. The van der Waals surface area contributed by atoms with Crippen LogP contribution in [0.3, 0.4) is 0 Å². The second-order valence-electron chi connectivity index (χ2n) is 6.01. The Labute approximate surface area is 139 Å². The molecule has 1 aromatic carbocycles. The van der Waals surface area contributed by atoms with Crippen LogP contribution in [0.2, 0.25) is 0 Å². The average molecular weight is 327 g/mol. The average Bonchev–Trinajstić information content (AvgIpc) is 2.56. The van der Waals surface area contributed by atoms with Crippen LogP contribution in [0.4, 0.5) is 0 Å². The molecule has 2 aliphatic heterocycles. The Morgan fingerprint density at radius 1 is 1.27 bits per heavy atom. The minimum atomic E-state index is 0. The Kier molecular flexibility index (Phi) is 6.96.